The molecule has 0 spiro atoms. The molecule has 4 aromatic carbocycles. The molecule has 0 bridgehead atoms. The molecule has 0 aromatic heterocycles. The Kier molecular flexibility index (Phi) is 11.3. The molecule has 44 heavy (non-hydrogen) atoms. The fraction of sp³-hybridized carbons (Fsp3) is 0.176. The maximum Gasteiger partial charge on any atom is 0.338 e. The smallest absolute Gasteiger partial charge is 0.338 e. The van der Waals surface area contributed by atoms with Gasteiger partial charge in [-0.05, 0) is 48.5 Å². The fourth-order valence-electron chi connectivity index (χ4n) is 4.03. The molecular formula is C34H30O10. The molecule has 4 aromatic rings. The SMILES string of the molecule is O=C(OC[C@H](OC(=O)c1ccccc1)[C@@H](O)[C@H](O)[C@@H](COC(=O)c1ccccc1)OC(=O)c1ccccc1)c1ccccc1. The summed E-state index contributed by atoms with van der Waals surface area (Å²) in [7, 11) is 0. The molecule has 10 nitrogen and oxygen atoms in total. The number of rotatable bonds is 13. The van der Waals surface area contributed by atoms with E-state index in [4.69, 9.17) is 18.9 Å². The Bertz CT molecular complexity index is 1390. The predicted octanol–water partition coefficient (Wildman–Crippen LogP) is 3.87. The lowest BCUT2D eigenvalue weighted by Gasteiger charge is -2.31. The average molecular weight is 599 g/mol. The van der Waals surface area contributed by atoms with Crippen molar-refractivity contribution in [2.75, 3.05) is 13.2 Å². The van der Waals surface area contributed by atoms with Crippen LogP contribution in [0.5, 0.6) is 0 Å². The van der Waals surface area contributed by atoms with Gasteiger partial charge in [0.25, 0.3) is 0 Å². The number of aliphatic hydroxyl groups is 2. The van der Waals surface area contributed by atoms with Gasteiger partial charge >= 0.3 is 23.9 Å². The van der Waals surface area contributed by atoms with Crippen LogP contribution >= 0.6 is 0 Å². The molecular weight excluding hydrogens is 568 g/mol. The zero-order valence-corrected chi connectivity index (χ0v) is 23.4. The van der Waals surface area contributed by atoms with Crippen molar-refractivity contribution in [1.82, 2.24) is 0 Å². The number of hydrogen-bond acceptors (Lipinski definition) is 10. The summed E-state index contributed by atoms with van der Waals surface area (Å²) in [5.41, 5.74) is 0.686. The van der Waals surface area contributed by atoms with Crippen molar-refractivity contribution in [2.24, 2.45) is 0 Å². The maximum atomic E-state index is 12.9. The second-order valence-corrected chi connectivity index (χ2v) is 9.53. The molecule has 226 valence electrons. The standard InChI is InChI=1S/C34H30O10/c35-29(27(43-33(39)25-17-9-3-10-18-25)21-41-31(37)23-13-5-1-6-14-23)30(36)28(44-34(40)26-19-11-4-12-20-26)22-42-32(38)24-15-7-2-8-16-24/h1-20,27-30,35-36H,21-22H2/t27-,28+,29-,30-/m1/s1. The zero-order chi connectivity index (χ0) is 31.3. The third kappa shape index (κ3) is 8.84. The predicted molar refractivity (Wildman–Crippen MR) is 157 cm³/mol. The van der Waals surface area contributed by atoms with Crippen molar-refractivity contribution in [3.8, 4) is 0 Å². The largest absolute Gasteiger partial charge is 0.458 e. The summed E-state index contributed by atoms with van der Waals surface area (Å²) in [6.45, 7) is -1.32. The van der Waals surface area contributed by atoms with Crippen molar-refractivity contribution in [3.05, 3.63) is 144 Å². The Labute approximate surface area is 253 Å². The molecule has 0 aliphatic carbocycles. The van der Waals surface area contributed by atoms with Crippen LogP contribution in [0.15, 0.2) is 121 Å². The van der Waals surface area contributed by atoms with Gasteiger partial charge in [-0.1, -0.05) is 72.8 Å². The highest BCUT2D eigenvalue weighted by atomic mass is 16.6. The van der Waals surface area contributed by atoms with E-state index < -0.39 is 61.5 Å². The van der Waals surface area contributed by atoms with Gasteiger partial charge in [0.15, 0.2) is 12.2 Å². The molecule has 0 aliphatic rings. The molecule has 2 N–H and O–H groups in total. The molecule has 0 amide bonds. The quantitative estimate of drug-likeness (QED) is 0.172. The highest BCUT2D eigenvalue weighted by molar-refractivity contribution is 5.91. The van der Waals surface area contributed by atoms with Crippen LogP contribution in [0, 0.1) is 0 Å². The average Bonchev–Trinajstić information content (AvgIpc) is 3.08. The van der Waals surface area contributed by atoms with E-state index in [9.17, 15) is 29.4 Å². The van der Waals surface area contributed by atoms with Crippen LogP contribution in [0.1, 0.15) is 41.4 Å². The molecule has 0 saturated carbocycles. The summed E-state index contributed by atoms with van der Waals surface area (Å²) >= 11 is 0. The Balaban J connectivity index is 1.55. The fourth-order valence-corrected chi connectivity index (χ4v) is 4.03. The second kappa shape index (κ2) is 15.8. The lowest BCUT2D eigenvalue weighted by molar-refractivity contribution is -0.131. The van der Waals surface area contributed by atoms with Gasteiger partial charge in [0.05, 0.1) is 22.3 Å². The summed E-state index contributed by atoms with van der Waals surface area (Å²) in [6, 6.07) is 31.7. The molecule has 0 fully saturated rings. The topological polar surface area (TPSA) is 146 Å². The van der Waals surface area contributed by atoms with Gasteiger partial charge in [-0.25, -0.2) is 19.2 Å². The van der Waals surface area contributed by atoms with Crippen LogP contribution in [-0.4, -0.2) is 71.7 Å². The van der Waals surface area contributed by atoms with Crippen molar-refractivity contribution in [1.29, 1.82) is 0 Å². The van der Waals surface area contributed by atoms with Crippen LogP contribution in [0.4, 0.5) is 0 Å². The van der Waals surface area contributed by atoms with Crippen LogP contribution < -0.4 is 0 Å². The van der Waals surface area contributed by atoms with E-state index >= 15 is 0 Å². The molecule has 0 unspecified atom stereocenters. The Morgan fingerprint density at radius 1 is 0.432 bits per heavy atom. The normalized spacial score (nSPS) is 13.4. The van der Waals surface area contributed by atoms with E-state index in [1.54, 1.807) is 72.8 Å². The summed E-state index contributed by atoms with van der Waals surface area (Å²) in [4.78, 5) is 51.0. The number of aliphatic hydroxyl groups excluding tert-OH is 2. The lowest BCUT2D eigenvalue weighted by atomic mass is 10.0. The van der Waals surface area contributed by atoms with Crippen LogP contribution in [0.3, 0.4) is 0 Å². The Hall–Kier alpha value is -5.32. The van der Waals surface area contributed by atoms with Gasteiger partial charge in [0.1, 0.15) is 25.4 Å². The number of esters is 4. The minimum Gasteiger partial charge on any atom is -0.458 e. The van der Waals surface area contributed by atoms with Gasteiger partial charge < -0.3 is 29.2 Å². The minimum absolute atomic E-state index is 0.137. The molecule has 0 radical (unpaired) electrons. The number of hydrogen-bond donors (Lipinski definition) is 2. The maximum absolute atomic E-state index is 12.9. The van der Waals surface area contributed by atoms with E-state index in [1.165, 1.54) is 48.5 Å². The van der Waals surface area contributed by atoms with Gasteiger partial charge in [-0.3, -0.25) is 0 Å². The van der Waals surface area contributed by atoms with Crippen molar-refractivity contribution in [3.63, 3.8) is 0 Å². The molecule has 0 heterocycles. The summed E-state index contributed by atoms with van der Waals surface area (Å²) in [5, 5.41) is 22.5. The van der Waals surface area contributed by atoms with Gasteiger partial charge in [-0.2, -0.15) is 0 Å². The second-order valence-electron chi connectivity index (χ2n) is 9.53. The Morgan fingerprint density at radius 2 is 0.682 bits per heavy atom. The molecule has 4 rings (SSSR count). The first kappa shape index (κ1) is 31.6. The highest BCUT2D eigenvalue weighted by Crippen LogP contribution is 2.18. The first-order chi connectivity index (χ1) is 21.3. The van der Waals surface area contributed by atoms with E-state index in [2.05, 4.69) is 0 Å². The molecule has 0 aliphatic heterocycles. The number of carbonyl (C=O) groups is 4. The van der Waals surface area contributed by atoms with E-state index in [0.29, 0.717) is 0 Å². The van der Waals surface area contributed by atoms with Crippen molar-refractivity contribution >= 4 is 23.9 Å². The van der Waals surface area contributed by atoms with E-state index in [0.717, 1.165) is 0 Å². The van der Waals surface area contributed by atoms with E-state index in [-0.39, 0.29) is 22.3 Å². The number of carbonyl (C=O) groups excluding carboxylic acids is 4. The minimum atomic E-state index is -1.96. The summed E-state index contributed by atoms with van der Waals surface area (Å²) in [5.74, 6) is -3.27. The van der Waals surface area contributed by atoms with Crippen molar-refractivity contribution < 1.29 is 48.3 Å². The molecule has 0 saturated heterocycles. The zero-order valence-electron chi connectivity index (χ0n) is 23.4. The van der Waals surface area contributed by atoms with Gasteiger partial charge in [0.2, 0.25) is 0 Å². The number of ether oxygens (including phenoxy) is 4. The molecule has 10 heteroatoms. The summed E-state index contributed by atoms with van der Waals surface area (Å²) < 4.78 is 21.5. The monoisotopic (exact) mass is 598 g/mol. The molecule has 4 atom stereocenters. The van der Waals surface area contributed by atoms with Crippen LogP contribution in [0.25, 0.3) is 0 Å². The van der Waals surface area contributed by atoms with E-state index in [1.807, 2.05) is 0 Å². The van der Waals surface area contributed by atoms with Gasteiger partial charge in [0, 0.05) is 0 Å². The first-order valence-electron chi connectivity index (χ1n) is 13.7. The third-order valence-corrected chi connectivity index (χ3v) is 6.42. The lowest BCUT2D eigenvalue weighted by Crippen LogP contribution is -2.51. The summed E-state index contributed by atoms with van der Waals surface area (Å²) in [6.07, 6.45) is -7.16. The highest BCUT2D eigenvalue weighted by Gasteiger charge is 2.38. The number of benzene rings is 4. The Morgan fingerprint density at radius 3 is 0.955 bits per heavy atom. The van der Waals surface area contributed by atoms with Crippen molar-refractivity contribution in [2.45, 2.75) is 24.4 Å². The third-order valence-electron chi connectivity index (χ3n) is 6.42. The van der Waals surface area contributed by atoms with Crippen LogP contribution in [-0.2, 0) is 18.9 Å². The first-order valence-corrected chi connectivity index (χ1v) is 13.7. The van der Waals surface area contributed by atoms with Crippen LogP contribution in [0.2, 0.25) is 0 Å². The van der Waals surface area contributed by atoms with Gasteiger partial charge in [-0.15, -0.1) is 0 Å².